The van der Waals surface area contributed by atoms with Gasteiger partial charge >= 0.3 is 12.1 Å². The van der Waals surface area contributed by atoms with E-state index < -0.39 is 31.1 Å². The number of benzene rings is 1. The molecule has 0 heterocycles. The van der Waals surface area contributed by atoms with Gasteiger partial charge in [-0.15, -0.1) is 0 Å². The molecule has 1 N–H and O–H groups in total. The molecule has 3 nitrogen and oxygen atoms in total. The van der Waals surface area contributed by atoms with Crippen molar-refractivity contribution in [2.75, 3.05) is 13.1 Å². The Labute approximate surface area is 115 Å². The summed E-state index contributed by atoms with van der Waals surface area (Å²) in [5.74, 6) is -1.89. The molecule has 0 radical (unpaired) electrons. The topological polar surface area (TPSA) is 40.5 Å². The van der Waals surface area contributed by atoms with Gasteiger partial charge in [-0.1, -0.05) is 6.07 Å². The molecule has 0 aliphatic rings. The van der Waals surface area contributed by atoms with Crippen LogP contribution in [0.4, 0.5) is 17.6 Å². The zero-order valence-corrected chi connectivity index (χ0v) is 11.1. The lowest BCUT2D eigenvalue weighted by Crippen LogP contribution is -2.37. The highest BCUT2D eigenvalue weighted by molar-refractivity contribution is 9.10. The number of alkyl halides is 3. The van der Waals surface area contributed by atoms with Gasteiger partial charge in [-0.3, -0.25) is 9.69 Å². The number of rotatable bonds is 5. The molecule has 0 fully saturated rings. The van der Waals surface area contributed by atoms with Crippen LogP contribution in [-0.2, 0) is 11.3 Å². The molecule has 0 saturated heterocycles. The summed E-state index contributed by atoms with van der Waals surface area (Å²) >= 11 is 2.92. The van der Waals surface area contributed by atoms with Gasteiger partial charge in [0.05, 0.1) is 17.6 Å². The van der Waals surface area contributed by atoms with Gasteiger partial charge in [0.1, 0.15) is 5.82 Å². The summed E-state index contributed by atoms with van der Waals surface area (Å²) in [6.45, 7) is -2.31. The van der Waals surface area contributed by atoms with Crippen molar-refractivity contribution in [1.29, 1.82) is 0 Å². The zero-order valence-electron chi connectivity index (χ0n) is 9.55. The number of halogens is 5. The zero-order chi connectivity index (χ0) is 14.6. The van der Waals surface area contributed by atoms with Crippen molar-refractivity contribution in [2.24, 2.45) is 0 Å². The third kappa shape index (κ3) is 6.02. The lowest BCUT2D eigenvalue weighted by molar-refractivity contribution is -0.154. The lowest BCUT2D eigenvalue weighted by Gasteiger charge is -2.21. The summed E-state index contributed by atoms with van der Waals surface area (Å²) in [5, 5.41) is 8.58. The summed E-state index contributed by atoms with van der Waals surface area (Å²) in [6, 6.07) is 3.73. The summed E-state index contributed by atoms with van der Waals surface area (Å²) < 4.78 is 50.0. The second kappa shape index (κ2) is 6.33. The van der Waals surface area contributed by atoms with Gasteiger partial charge in [-0.05, 0) is 33.6 Å². The molecule has 0 amide bonds. The normalized spacial score (nSPS) is 11.9. The molecule has 1 rings (SSSR count). The van der Waals surface area contributed by atoms with Crippen LogP contribution in [0.1, 0.15) is 5.56 Å². The van der Waals surface area contributed by atoms with Gasteiger partial charge in [0, 0.05) is 6.54 Å². The van der Waals surface area contributed by atoms with Crippen molar-refractivity contribution < 1.29 is 27.5 Å². The Morgan fingerprint density at radius 3 is 2.47 bits per heavy atom. The number of nitrogens with zero attached hydrogens (tertiary/aromatic N) is 1. The van der Waals surface area contributed by atoms with Crippen molar-refractivity contribution in [2.45, 2.75) is 12.7 Å². The first-order chi connectivity index (χ1) is 8.67. The number of aliphatic carboxylic acids is 1. The molecule has 8 heteroatoms. The number of carboxylic acids is 1. The fourth-order valence-corrected chi connectivity index (χ4v) is 1.93. The summed E-state index contributed by atoms with van der Waals surface area (Å²) in [5.41, 5.74) is 0.388. The molecule has 1 aromatic rings. The average Bonchev–Trinajstić information content (AvgIpc) is 2.20. The summed E-state index contributed by atoms with van der Waals surface area (Å²) in [4.78, 5) is 11.3. The van der Waals surface area contributed by atoms with E-state index in [0.29, 0.717) is 5.56 Å². The van der Waals surface area contributed by atoms with Crippen LogP contribution >= 0.6 is 15.9 Å². The summed E-state index contributed by atoms with van der Waals surface area (Å²) in [6.07, 6.45) is -4.49. The van der Waals surface area contributed by atoms with Gasteiger partial charge in [-0.2, -0.15) is 13.2 Å². The molecule has 0 unspecified atom stereocenters. The maximum Gasteiger partial charge on any atom is 0.401 e. The first-order valence-electron chi connectivity index (χ1n) is 5.12. The molecule has 0 spiro atoms. The van der Waals surface area contributed by atoms with E-state index in [-0.39, 0.29) is 11.0 Å². The molecular formula is C11H10BrF4NO2. The van der Waals surface area contributed by atoms with Crippen molar-refractivity contribution in [1.82, 2.24) is 4.90 Å². The molecule has 19 heavy (non-hydrogen) atoms. The SMILES string of the molecule is O=C(O)CN(Cc1ccc(F)c(Br)c1)CC(F)(F)F. The molecule has 0 aliphatic heterocycles. The molecule has 0 saturated carbocycles. The first-order valence-corrected chi connectivity index (χ1v) is 5.91. The smallest absolute Gasteiger partial charge is 0.401 e. The Morgan fingerprint density at radius 1 is 1.37 bits per heavy atom. The second-order valence-corrected chi connectivity index (χ2v) is 4.76. The highest BCUT2D eigenvalue weighted by Crippen LogP contribution is 2.21. The van der Waals surface area contributed by atoms with Crippen LogP contribution in [-0.4, -0.2) is 35.2 Å². The molecular weight excluding hydrogens is 334 g/mol. The molecule has 106 valence electrons. The second-order valence-electron chi connectivity index (χ2n) is 3.90. The minimum atomic E-state index is -4.49. The van der Waals surface area contributed by atoms with Gasteiger partial charge in [-0.25, -0.2) is 4.39 Å². The standard InChI is InChI=1S/C11H10BrF4NO2/c12-8-3-7(1-2-9(8)13)4-17(5-10(18)19)6-11(14,15)16/h1-3H,4-6H2,(H,18,19). The van der Waals surface area contributed by atoms with E-state index in [9.17, 15) is 22.4 Å². The average molecular weight is 344 g/mol. The molecule has 0 atom stereocenters. The Balaban J connectivity index is 2.81. The maximum absolute atomic E-state index is 13.0. The highest BCUT2D eigenvalue weighted by atomic mass is 79.9. The monoisotopic (exact) mass is 343 g/mol. The molecule has 0 aromatic heterocycles. The number of carbonyl (C=O) groups is 1. The Bertz CT molecular complexity index is 464. The predicted molar refractivity (Wildman–Crippen MR) is 63.1 cm³/mol. The Morgan fingerprint density at radius 2 is 2.00 bits per heavy atom. The van der Waals surface area contributed by atoms with Crippen LogP contribution in [0.25, 0.3) is 0 Å². The van der Waals surface area contributed by atoms with Gasteiger partial charge < -0.3 is 5.11 Å². The van der Waals surface area contributed by atoms with Crippen LogP contribution < -0.4 is 0 Å². The van der Waals surface area contributed by atoms with E-state index in [1.807, 2.05) is 0 Å². The van der Waals surface area contributed by atoms with Crippen molar-refractivity contribution in [3.05, 3.63) is 34.1 Å². The van der Waals surface area contributed by atoms with Gasteiger partial charge in [0.25, 0.3) is 0 Å². The van der Waals surface area contributed by atoms with Gasteiger partial charge in [0.2, 0.25) is 0 Å². The number of carboxylic acid groups (broad SMARTS) is 1. The van der Waals surface area contributed by atoms with Crippen LogP contribution in [0.3, 0.4) is 0 Å². The third-order valence-electron chi connectivity index (χ3n) is 2.15. The van der Waals surface area contributed by atoms with Crippen LogP contribution in [0.2, 0.25) is 0 Å². The van der Waals surface area contributed by atoms with E-state index in [0.717, 1.165) is 11.0 Å². The highest BCUT2D eigenvalue weighted by Gasteiger charge is 2.31. The first kappa shape index (κ1) is 15.9. The van der Waals surface area contributed by atoms with E-state index in [1.54, 1.807) is 0 Å². The minimum Gasteiger partial charge on any atom is -0.480 e. The van der Waals surface area contributed by atoms with Crippen molar-refractivity contribution >= 4 is 21.9 Å². The van der Waals surface area contributed by atoms with E-state index in [2.05, 4.69) is 15.9 Å². The molecule has 0 aliphatic carbocycles. The molecule has 0 bridgehead atoms. The van der Waals surface area contributed by atoms with Crippen molar-refractivity contribution in [3.8, 4) is 0 Å². The Kier molecular flexibility index (Phi) is 5.30. The predicted octanol–water partition coefficient (Wildman–Crippen LogP) is 3.04. The largest absolute Gasteiger partial charge is 0.480 e. The van der Waals surface area contributed by atoms with Crippen LogP contribution in [0, 0.1) is 5.82 Å². The van der Waals surface area contributed by atoms with Crippen LogP contribution in [0.5, 0.6) is 0 Å². The number of hydrogen-bond donors (Lipinski definition) is 1. The fraction of sp³-hybridized carbons (Fsp3) is 0.364. The summed E-state index contributed by atoms with van der Waals surface area (Å²) in [7, 11) is 0. The number of hydrogen-bond acceptors (Lipinski definition) is 2. The molecule has 1 aromatic carbocycles. The lowest BCUT2D eigenvalue weighted by atomic mass is 10.2. The van der Waals surface area contributed by atoms with E-state index >= 15 is 0 Å². The third-order valence-corrected chi connectivity index (χ3v) is 2.76. The van der Waals surface area contributed by atoms with Crippen molar-refractivity contribution in [3.63, 3.8) is 0 Å². The van der Waals surface area contributed by atoms with E-state index in [4.69, 9.17) is 5.11 Å². The van der Waals surface area contributed by atoms with Gasteiger partial charge in [0.15, 0.2) is 0 Å². The quantitative estimate of drug-likeness (QED) is 0.835. The minimum absolute atomic E-state index is 0.118. The van der Waals surface area contributed by atoms with Crippen LogP contribution in [0.15, 0.2) is 22.7 Å². The van der Waals surface area contributed by atoms with E-state index in [1.165, 1.54) is 12.1 Å². The Hall–Kier alpha value is -1.15. The maximum atomic E-state index is 13.0. The fourth-order valence-electron chi connectivity index (χ4n) is 1.51.